The minimum atomic E-state index is 0.0431. The quantitative estimate of drug-likeness (QED) is 0.0363. The zero-order chi connectivity index (χ0) is 40.1. The molecule has 0 aromatic heterocycles. The van der Waals surface area contributed by atoms with Gasteiger partial charge < -0.3 is 13.9 Å². The molecule has 55 heavy (non-hydrogen) atoms. The zero-order valence-electron chi connectivity index (χ0n) is 37.9. The van der Waals surface area contributed by atoms with E-state index in [1.165, 1.54) is 212 Å². The molecule has 0 unspecified atom stereocenters. The van der Waals surface area contributed by atoms with Gasteiger partial charge >= 0.3 is 11.9 Å². The van der Waals surface area contributed by atoms with Gasteiger partial charge in [0.2, 0.25) is 0 Å². The third-order valence-electron chi connectivity index (χ3n) is 11.7. The number of carbonyl (C=O) groups is 2. The summed E-state index contributed by atoms with van der Waals surface area (Å²) in [6, 6.07) is 0. The van der Waals surface area contributed by atoms with Gasteiger partial charge in [-0.15, -0.1) is 0 Å². The van der Waals surface area contributed by atoms with Crippen molar-refractivity contribution in [2.45, 2.75) is 296 Å². The fourth-order valence-electron chi connectivity index (χ4n) is 7.96. The van der Waals surface area contributed by atoms with Gasteiger partial charge in [-0.05, 0) is 71.1 Å². The first-order chi connectivity index (χ1) is 27.1. The van der Waals surface area contributed by atoms with Gasteiger partial charge in [0, 0.05) is 19.4 Å². The number of rotatable bonds is 35. The van der Waals surface area contributed by atoms with E-state index in [2.05, 4.69) is 18.3 Å². The Morgan fingerprint density at radius 1 is 0.382 bits per heavy atom. The normalized spacial score (nSPS) is 14.6. The van der Waals surface area contributed by atoms with Crippen molar-refractivity contribution in [2.24, 2.45) is 0 Å². The van der Waals surface area contributed by atoms with Crippen molar-refractivity contribution in [3.63, 3.8) is 0 Å². The highest BCUT2D eigenvalue weighted by molar-refractivity contribution is 5.97. The van der Waals surface area contributed by atoms with Crippen LogP contribution in [0.1, 0.15) is 284 Å². The van der Waals surface area contributed by atoms with Crippen LogP contribution in [-0.2, 0) is 23.5 Å². The van der Waals surface area contributed by atoms with E-state index in [0.29, 0.717) is 12.8 Å². The first-order valence-electron chi connectivity index (χ1n) is 24.9. The van der Waals surface area contributed by atoms with Crippen LogP contribution in [0.3, 0.4) is 0 Å². The molecule has 6 heteroatoms. The van der Waals surface area contributed by atoms with Crippen molar-refractivity contribution in [3.8, 4) is 0 Å². The second-order valence-electron chi connectivity index (χ2n) is 17.1. The Bertz CT molecular complexity index is 762. The number of hydrogen-bond donors (Lipinski definition) is 0. The summed E-state index contributed by atoms with van der Waals surface area (Å²) >= 11 is 0. The molecule has 0 aromatic rings. The maximum Gasteiger partial charge on any atom is 0.306 e. The molecular weight excluding hydrogens is 697 g/mol. The fraction of sp³-hybridized carbons (Fsp3) is 0.959. The highest BCUT2D eigenvalue weighted by atomic mass is 28.2. The van der Waals surface area contributed by atoms with Gasteiger partial charge in [0.1, 0.15) is 22.7 Å². The van der Waals surface area contributed by atoms with Crippen LogP contribution in [0.25, 0.3) is 0 Å². The van der Waals surface area contributed by atoms with Gasteiger partial charge in [-0.3, -0.25) is 9.59 Å². The van der Waals surface area contributed by atoms with Gasteiger partial charge in [-0.25, -0.2) is 0 Å². The molecule has 0 spiro atoms. The Kier molecular flexibility index (Phi) is 45.1. The molecule has 2 fully saturated rings. The molecule has 2 saturated carbocycles. The molecule has 0 N–H and O–H groups in total. The van der Waals surface area contributed by atoms with E-state index < -0.39 is 0 Å². The largest absolute Gasteiger partial charge is 0.462 e. The van der Waals surface area contributed by atoms with Gasteiger partial charge in [0.25, 0.3) is 0 Å². The van der Waals surface area contributed by atoms with E-state index in [1.807, 2.05) is 6.92 Å². The fourth-order valence-corrected chi connectivity index (χ4v) is 7.96. The van der Waals surface area contributed by atoms with Crippen molar-refractivity contribution < 1.29 is 23.5 Å². The van der Waals surface area contributed by atoms with Gasteiger partial charge in [-0.1, -0.05) is 200 Å². The number of ether oxygens (including phenoxy) is 2. The highest BCUT2D eigenvalue weighted by Gasteiger charge is 2.19. The van der Waals surface area contributed by atoms with Crippen molar-refractivity contribution in [1.82, 2.24) is 0 Å². The van der Waals surface area contributed by atoms with Crippen molar-refractivity contribution in [1.29, 1.82) is 0 Å². The summed E-state index contributed by atoms with van der Waals surface area (Å²) in [7, 11) is 0.890. The van der Waals surface area contributed by atoms with Crippen molar-refractivity contribution in [3.05, 3.63) is 0 Å². The molecule has 2 aliphatic carbocycles. The molecule has 0 saturated heterocycles. The number of hydrogen-bond acceptors (Lipinski definition) is 5. The third kappa shape index (κ3) is 42.5. The van der Waals surface area contributed by atoms with Gasteiger partial charge in [-0.2, -0.15) is 0 Å². The molecule has 0 amide bonds. The van der Waals surface area contributed by atoms with Crippen LogP contribution in [0.2, 0.25) is 0 Å². The molecule has 0 radical (unpaired) electrons. The smallest absolute Gasteiger partial charge is 0.306 e. The molecule has 328 valence electrons. The average molecular weight is 795 g/mol. The standard InChI is InChI=1S/C24H46O2.C23H44O2.C2H8OSi/c1-2-3-4-5-6-7-8-9-10-11-12-13-14-15-19-22-24(25)26-23-20-17-16-18-21-23;1-2-3-4-5-6-7-8-9-10-11-12-13-14-15-16-21-23(24)25-22-19-17-18-20-22;1-2-3-4/h23H,2-22H2,1H3;22H,2-21H2,1H3;2H2,1,4H3. The molecule has 0 aromatic carbocycles. The first kappa shape index (κ1) is 54.1. The Morgan fingerprint density at radius 2 is 0.600 bits per heavy atom. The zero-order valence-corrected chi connectivity index (χ0v) is 39.9. The van der Waals surface area contributed by atoms with Crippen LogP contribution in [0.4, 0.5) is 0 Å². The molecule has 0 atom stereocenters. The minimum Gasteiger partial charge on any atom is -0.462 e. The van der Waals surface area contributed by atoms with Gasteiger partial charge in [0.05, 0.1) is 0 Å². The molecule has 2 rings (SSSR count). The lowest BCUT2D eigenvalue weighted by Gasteiger charge is -2.21. The summed E-state index contributed by atoms with van der Waals surface area (Å²) in [5, 5.41) is 0. The Labute approximate surface area is 347 Å². The minimum absolute atomic E-state index is 0.0431. The molecule has 2 aliphatic rings. The maximum atomic E-state index is 11.8. The lowest BCUT2D eigenvalue weighted by atomic mass is 9.98. The monoisotopic (exact) mass is 795 g/mol. The Balaban J connectivity index is 0.000000966. The topological polar surface area (TPSA) is 61.8 Å². The van der Waals surface area contributed by atoms with E-state index in [0.717, 1.165) is 55.6 Å². The first-order valence-corrected chi connectivity index (χ1v) is 25.8. The lowest BCUT2D eigenvalue weighted by Crippen LogP contribution is -2.20. The molecule has 5 nitrogen and oxygen atoms in total. The number of unbranched alkanes of at least 4 members (excludes halogenated alkanes) is 28. The molecule has 0 aliphatic heterocycles. The summed E-state index contributed by atoms with van der Waals surface area (Å²) in [4.78, 5) is 23.5. The SMILES string of the molecule is CCCCCCCCCCCCCCCCCC(=O)OC1CCCC1.CCCCCCCCCCCCCCCCCC(=O)OC1CCCCC1.CCO[SiH3]. The van der Waals surface area contributed by atoms with E-state index in [1.54, 1.807) is 0 Å². The molecule has 0 heterocycles. The second kappa shape index (κ2) is 45.8. The van der Waals surface area contributed by atoms with E-state index >= 15 is 0 Å². The lowest BCUT2D eigenvalue weighted by molar-refractivity contribution is -0.151. The van der Waals surface area contributed by atoms with Crippen LogP contribution in [-0.4, -0.2) is 41.2 Å². The average Bonchev–Trinajstić information content (AvgIpc) is 3.71. The predicted octanol–water partition coefficient (Wildman–Crippen LogP) is 15.2. The van der Waals surface area contributed by atoms with Crippen molar-refractivity contribution in [2.75, 3.05) is 6.61 Å². The maximum absolute atomic E-state index is 11.8. The van der Waals surface area contributed by atoms with Crippen LogP contribution in [0, 0.1) is 0 Å². The predicted molar refractivity (Wildman–Crippen MR) is 242 cm³/mol. The number of carbonyl (C=O) groups excluding carboxylic acids is 2. The summed E-state index contributed by atoms with van der Waals surface area (Å²) in [5.74, 6) is 0.0909. The summed E-state index contributed by atoms with van der Waals surface area (Å²) in [6.45, 7) is 7.44. The van der Waals surface area contributed by atoms with E-state index in [-0.39, 0.29) is 24.1 Å². The number of esters is 2. The van der Waals surface area contributed by atoms with Crippen LogP contribution in [0.5, 0.6) is 0 Å². The molecule has 0 bridgehead atoms. The van der Waals surface area contributed by atoms with Crippen LogP contribution < -0.4 is 0 Å². The Morgan fingerprint density at radius 3 is 0.836 bits per heavy atom. The summed E-state index contributed by atoms with van der Waals surface area (Å²) in [5.41, 5.74) is 0. The van der Waals surface area contributed by atoms with E-state index in [4.69, 9.17) is 9.47 Å². The van der Waals surface area contributed by atoms with Crippen LogP contribution in [0.15, 0.2) is 0 Å². The second-order valence-corrected chi connectivity index (χ2v) is 17.7. The third-order valence-corrected chi connectivity index (χ3v) is 12.3. The van der Waals surface area contributed by atoms with Gasteiger partial charge in [0.15, 0.2) is 0 Å². The van der Waals surface area contributed by atoms with E-state index in [9.17, 15) is 9.59 Å². The Hall–Kier alpha value is -0.883. The highest BCUT2D eigenvalue weighted by Crippen LogP contribution is 2.23. The molecular formula is C49H98O5Si. The summed E-state index contributed by atoms with van der Waals surface area (Å²) < 4.78 is 15.7. The van der Waals surface area contributed by atoms with Crippen molar-refractivity contribution >= 4 is 22.4 Å². The van der Waals surface area contributed by atoms with Crippen LogP contribution >= 0.6 is 0 Å². The summed E-state index contributed by atoms with van der Waals surface area (Å²) in [6.07, 6.45) is 53.2.